The highest BCUT2D eigenvalue weighted by atomic mass is 32.2. The third kappa shape index (κ3) is 5.97. The first-order valence-corrected chi connectivity index (χ1v) is 11.6. The van der Waals surface area contributed by atoms with E-state index in [2.05, 4.69) is 17.1 Å². The van der Waals surface area contributed by atoms with Gasteiger partial charge in [0.25, 0.3) is 0 Å². The molecule has 8 heteroatoms. The van der Waals surface area contributed by atoms with Gasteiger partial charge in [-0.3, -0.25) is 9.59 Å². The molecule has 2 amide bonds. The largest absolute Gasteiger partial charge is 0.494 e. The van der Waals surface area contributed by atoms with Crippen LogP contribution in [0.3, 0.4) is 0 Å². The molecule has 0 bridgehead atoms. The van der Waals surface area contributed by atoms with Crippen molar-refractivity contribution in [1.82, 2.24) is 0 Å². The first-order chi connectivity index (χ1) is 15.5. The minimum absolute atomic E-state index is 0.0675. The molecule has 1 heterocycles. The molecule has 168 valence electrons. The molecule has 0 aliphatic carbocycles. The van der Waals surface area contributed by atoms with E-state index >= 15 is 0 Å². The van der Waals surface area contributed by atoms with Gasteiger partial charge in [0.15, 0.2) is 5.17 Å². The summed E-state index contributed by atoms with van der Waals surface area (Å²) in [5.41, 5.74) is 8.42. The van der Waals surface area contributed by atoms with Crippen LogP contribution < -0.4 is 15.4 Å². The van der Waals surface area contributed by atoms with Crippen LogP contribution in [-0.4, -0.2) is 34.6 Å². The molecule has 2 N–H and O–H groups in total. The van der Waals surface area contributed by atoms with E-state index in [1.165, 1.54) is 4.90 Å². The van der Waals surface area contributed by atoms with Crippen LogP contribution in [0.2, 0.25) is 0 Å². The summed E-state index contributed by atoms with van der Waals surface area (Å²) in [6.07, 6.45) is 2.88. The van der Waals surface area contributed by atoms with Gasteiger partial charge in [-0.25, -0.2) is 4.90 Å². The second-order valence-corrected chi connectivity index (χ2v) is 8.48. The first kappa shape index (κ1) is 23.5. The molecule has 0 aromatic heterocycles. The molecule has 0 unspecified atom stereocenters. The molecule has 7 nitrogen and oxygen atoms in total. The quantitative estimate of drug-likeness (QED) is 0.264. The van der Waals surface area contributed by atoms with Gasteiger partial charge in [-0.15, -0.1) is 5.10 Å². The average Bonchev–Trinajstić information content (AvgIpc) is 3.08. The number of amides is 2. The number of hydrogen-bond donors (Lipinski definition) is 1. The molecule has 2 aromatic rings. The number of thioether (sulfide) groups is 1. The summed E-state index contributed by atoms with van der Waals surface area (Å²) in [6, 6.07) is 16.7. The Morgan fingerprint density at radius 2 is 1.81 bits per heavy atom. The number of imide groups is 1. The van der Waals surface area contributed by atoms with E-state index in [1.807, 2.05) is 37.3 Å². The number of hydrogen-bond acceptors (Lipinski definition) is 6. The Hall–Kier alpha value is -3.13. The van der Waals surface area contributed by atoms with Gasteiger partial charge in [-0.05, 0) is 49.6 Å². The molecule has 1 aliphatic heterocycles. The molecule has 3 rings (SSSR count). The number of amidine groups is 1. The van der Waals surface area contributed by atoms with Crippen molar-refractivity contribution in [1.29, 1.82) is 0 Å². The standard InChI is InChI=1S/C24H28N4O3S/c1-3-5-11-20(17-9-7-6-8-10-17)26-27-24(25)32-21-16-22(29)28(23(21)30)18-12-14-19(15-13-18)31-4-2/h6-10,12-15,21H,3-5,11,16H2,1-2H3,(H2,25,27)/b26-20-/t21-/m1/s1. The van der Waals surface area contributed by atoms with Gasteiger partial charge in [-0.1, -0.05) is 55.4 Å². The second kappa shape index (κ2) is 11.5. The maximum atomic E-state index is 12.9. The monoisotopic (exact) mass is 452 g/mol. The Bertz CT molecular complexity index is 990. The molecule has 1 atom stereocenters. The van der Waals surface area contributed by atoms with E-state index in [9.17, 15) is 9.59 Å². The van der Waals surface area contributed by atoms with Crippen molar-refractivity contribution in [2.75, 3.05) is 11.5 Å². The van der Waals surface area contributed by atoms with Crippen molar-refractivity contribution in [3.8, 4) is 5.75 Å². The molecule has 32 heavy (non-hydrogen) atoms. The fourth-order valence-electron chi connectivity index (χ4n) is 3.33. The molecule has 1 aliphatic rings. The molecule has 0 radical (unpaired) electrons. The predicted octanol–water partition coefficient (Wildman–Crippen LogP) is 4.36. The van der Waals surface area contributed by atoms with Crippen molar-refractivity contribution >= 4 is 40.1 Å². The summed E-state index contributed by atoms with van der Waals surface area (Å²) in [5, 5.41) is 8.05. The van der Waals surface area contributed by atoms with Gasteiger partial charge >= 0.3 is 0 Å². The van der Waals surface area contributed by atoms with E-state index in [0.29, 0.717) is 18.0 Å². The normalized spacial score (nSPS) is 17.2. The number of anilines is 1. The maximum absolute atomic E-state index is 12.9. The Labute approximate surface area is 192 Å². The number of benzene rings is 2. The van der Waals surface area contributed by atoms with E-state index < -0.39 is 5.25 Å². The molecular weight excluding hydrogens is 424 g/mol. The summed E-state index contributed by atoms with van der Waals surface area (Å²) in [5.74, 6) is 0.120. The lowest BCUT2D eigenvalue weighted by molar-refractivity contribution is -0.121. The Morgan fingerprint density at radius 1 is 1.09 bits per heavy atom. The first-order valence-electron chi connectivity index (χ1n) is 10.7. The highest BCUT2D eigenvalue weighted by Crippen LogP contribution is 2.30. The van der Waals surface area contributed by atoms with Crippen LogP contribution in [0.25, 0.3) is 0 Å². The van der Waals surface area contributed by atoms with E-state index in [-0.39, 0.29) is 23.4 Å². The van der Waals surface area contributed by atoms with Gasteiger partial charge in [0.05, 0.1) is 18.0 Å². The fraction of sp³-hybridized carbons (Fsp3) is 0.333. The highest BCUT2D eigenvalue weighted by Gasteiger charge is 2.40. The average molecular weight is 453 g/mol. The van der Waals surface area contributed by atoms with Crippen LogP contribution in [0, 0.1) is 0 Å². The van der Waals surface area contributed by atoms with Crippen LogP contribution >= 0.6 is 11.8 Å². The summed E-state index contributed by atoms with van der Waals surface area (Å²) in [6.45, 7) is 4.56. The number of carbonyl (C=O) groups is 2. The Kier molecular flexibility index (Phi) is 8.44. The molecule has 1 saturated heterocycles. The number of unbranched alkanes of at least 4 members (excludes halogenated alkanes) is 1. The summed E-state index contributed by atoms with van der Waals surface area (Å²) >= 11 is 1.07. The zero-order chi connectivity index (χ0) is 22.9. The van der Waals surface area contributed by atoms with Crippen molar-refractivity contribution in [2.45, 2.75) is 44.8 Å². The number of ether oxygens (including phenoxy) is 1. The summed E-state index contributed by atoms with van der Waals surface area (Å²) in [4.78, 5) is 26.6. The second-order valence-electron chi connectivity index (χ2n) is 7.26. The third-order valence-electron chi connectivity index (χ3n) is 4.92. The Morgan fingerprint density at radius 3 is 2.47 bits per heavy atom. The zero-order valence-electron chi connectivity index (χ0n) is 18.4. The minimum Gasteiger partial charge on any atom is -0.494 e. The van der Waals surface area contributed by atoms with Crippen LogP contribution in [0.5, 0.6) is 5.75 Å². The SMILES string of the molecule is CCCC/C(=N/N=C(N)S[C@@H]1CC(=O)N(c2ccc(OCC)cc2)C1=O)c1ccccc1. The Balaban J connectivity index is 1.70. The minimum atomic E-state index is -0.621. The molecule has 0 spiro atoms. The van der Waals surface area contributed by atoms with Crippen molar-refractivity contribution < 1.29 is 14.3 Å². The number of carbonyl (C=O) groups excluding carboxylic acids is 2. The summed E-state index contributed by atoms with van der Waals surface area (Å²) < 4.78 is 5.42. The molecule has 1 fully saturated rings. The van der Waals surface area contributed by atoms with Gasteiger partial charge in [0, 0.05) is 6.42 Å². The van der Waals surface area contributed by atoms with Crippen LogP contribution in [0.4, 0.5) is 5.69 Å². The van der Waals surface area contributed by atoms with E-state index in [4.69, 9.17) is 10.5 Å². The predicted molar refractivity (Wildman–Crippen MR) is 130 cm³/mol. The van der Waals surface area contributed by atoms with Crippen molar-refractivity contribution in [3.05, 3.63) is 60.2 Å². The van der Waals surface area contributed by atoms with Crippen molar-refractivity contribution in [2.24, 2.45) is 15.9 Å². The van der Waals surface area contributed by atoms with Crippen LogP contribution in [0.1, 0.15) is 45.1 Å². The molecule has 0 saturated carbocycles. The highest BCUT2D eigenvalue weighted by molar-refractivity contribution is 8.14. The third-order valence-corrected chi connectivity index (χ3v) is 5.89. The van der Waals surface area contributed by atoms with Gasteiger partial charge in [0.1, 0.15) is 11.0 Å². The van der Waals surface area contributed by atoms with Crippen LogP contribution in [-0.2, 0) is 9.59 Å². The lowest BCUT2D eigenvalue weighted by atomic mass is 10.1. The van der Waals surface area contributed by atoms with E-state index in [1.54, 1.807) is 24.3 Å². The topological polar surface area (TPSA) is 97.3 Å². The van der Waals surface area contributed by atoms with Crippen LogP contribution in [0.15, 0.2) is 64.8 Å². The van der Waals surface area contributed by atoms with Gasteiger partial charge in [0.2, 0.25) is 11.8 Å². The van der Waals surface area contributed by atoms with Crippen molar-refractivity contribution in [3.63, 3.8) is 0 Å². The lowest BCUT2D eigenvalue weighted by Gasteiger charge is -2.15. The smallest absolute Gasteiger partial charge is 0.247 e. The number of nitrogens with two attached hydrogens (primary N) is 1. The van der Waals surface area contributed by atoms with Gasteiger partial charge < -0.3 is 10.5 Å². The fourth-order valence-corrected chi connectivity index (χ4v) is 4.14. The summed E-state index contributed by atoms with van der Waals surface area (Å²) in [7, 11) is 0. The number of rotatable bonds is 9. The number of nitrogens with zero attached hydrogens (tertiary/aromatic N) is 3. The van der Waals surface area contributed by atoms with E-state index in [0.717, 1.165) is 42.3 Å². The van der Waals surface area contributed by atoms with Gasteiger partial charge in [-0.2, -0.15) is 5.10 Å². The zero-order valence-corrected chi connectivity index (χ0v) is 19.2. The molecule has 2 aromatic carbocycles. The lowest BCUT2D eigenvalue weighted by Crippen LogP contribution is -2.31. The molecular formula is C24H28N4O3S. The maximum Gasteiger partial charge on any atom is 0.247 e.